The summed E-state index contributed by atoms with van der Waals surface area (Å²) in [6, 6.07) is 2.47. The molecule has 1 fully saturated rings. The fraction of sp³-hybridized carbons (Fsp3) is 0.688. The normalized spacial score (nSPS) is 23.0. The number of hydrogen-bond donors (Lipinski definition) is 1. The zero-order chi connectivity index (χ0) is 15.2. The van der Waals surface area contributed by atoms with E-state index in [2.05, 4.69) is 29.2 Å². The van der Waals surface area contributed by atoms with Crippen LogP contribution in [-0.4, -0.2) is 50.3 Å². The van der Waals surface area contributed by atoms with Gasteiger partial charge in [-0.2, -0.15) is 0 Å². The Morgan fingerprint density at radius 2 is 2.19 bits per heavy atom. The molecule has 118 valence electrons. The number of nitrogens with zero attached hydrogens (tertiary/aromatic N) is 2. The molecule has 1 aromatic rings. The highest BCUT2D eigenvalue weighted by atomic mass is 16.5. The van der Waals surface area contributed by atoms with E-state index in [0.29, 0.717) is 12.0 Å². The number of hydrogen-bond acceptors (Lipinski definition) is 5. The van der Waals surface area contributed by atoms with E-state index in [1.54, 1.807) is 20.4 Å². The number of rotatable bonds is 6. The van der Waals surface area contributed by atoms with E-state index in [1.807, 2.05) is 6.07 Å². The number of piperidine rings is 1. The minimum absolute atomic E-state index is 0.631. The molecule has 21 heavy (non-hydrogen) atoms. The smallest absolute Gasteiger partial charge is 0.183 e. The molecule has 2 heterocycles. The summed E-state index contributed by atoms with van der Waals surface area (Å²) in [6.07, 6.45) is 4.17. The Balaban J connectivity index is 2.08. The highest BCUT2D eigenvalue weighted by molar-refractivity contribution is 5.42. The minimum atomic E-state index is 0.631. The first-order chi connectivity index (χ1) is 10.2. The SMILES string of the molecule is CCC1CN(Cc2nccc(OC)c2OC)CCC1NC. The molecule has 5 heteroatoms. The van der Waals surface area contributed by atoms with Gasteiger partial charge in [0.1, 0.15) is 5.69 Å². The lowest BCUT2D eigenvalue weighted by molar-refractivity contribution is 0.130. The van der Waals surface area contributed by atoms with Crippen molar-refractivity contribution in [2.24, 2.45) is 5.92 Å². The maximum absolute atomic E-state index is 5.48. The molecule has 2 atom stereocenters. The van der Waals surface area contributed by atoms with Gasteiger partial charge in [0.2, 0.25) is 0 Å². The second kappa shape index (κ2) is 7.61. The van der Waals surface area contributed by atoms with Gasteiger partial charge in [0.25, 0.3) is 0 Å². The van der Waals surface area contributed by atoms with Gasteiger partial charge in [0.05, 0.1) is 14.2 Å². The summed E-state index contributed by atoms with van der Waals surface area (Å²) >= 11 is 0. The Morgan fingerprint density at radius 3 is 2.81 bits per heavy atom. The van der Waals surface area contributed by atoms with E-state index in [1.165, 1.54) is 12.8 Å². The zero-order valence-corrected chi connectivity index (χ0v) is 13.6. The summed E-state index contributed by atoms with van der Waals surface area (Å²) in [7, 11) is 5.40. The van der Waals surface area contributed by atoms with Crippen LogP contribution in [0, 0.1) is 5.92 Å². The molecular weight excluding hydrogens is 266 g/mol. The summed E-state index contributed by atoms with van der Waals surface area (Å²) in [6.45, 7) is 5.27. The fourth-order valence-electron chi connectivity index (χ4n) is 3.22. The number of likely N-dealkylation sites (tertiary alicyclic amines) is 1. The van der Waals surface area contributed by atoms with Gasteiger partial charge in [-0.25, -0.2) is 0 Å². The summed E-state index contributed by atoms with van der Waals surface area (Å²) in [5, 5.41) is 3.44. The lowest BCUT2D eigenvalue weighted by Crippen LogP contribution is -2.47. The molecule has 1 aromatic heterocycles. The number of pyridine rings is 1. The van der Waals surface area contributed by atoms with Crippen molar-refractivity contribution in [1.82, 2.24) is 15.2 Å². The van der Waals surface area contributed by atoms with E-state index in [9.17, 15) is 0 Å². The van der Waals surface area contributed by atoms with Gasteiger partial charge in [0, 0.05) is 37.9 Å². The van der Waals surface area contributed by atoms with Crippen LogP contribution in [0.15, 0.2) is 12.3 Å². The maximum atomic E-state index is 5.48. The van der Waals surface area contributed by atoms with Gasteiger partial charge >= 0.3 is 0 Å². The summed E-state index contributed by atoms with van der Waals surface area (Å²) < 4.78 is 10.8. The number of aromatic nitrogens is 1. The summed E-state index contributed by atoms with van der Waals surface area (Å²) in [5.74, 6) is 2.20. The van der Waals surface area contributed by atoms with E-state index in [4.69, 9.17) is 9.47 Å². The molecule has 1 saturated heterocycles. The average Bonchev–Trinajstić information content (AvgIpc) is 2.54. The largest absolute Gasteiger partial charge is 0.493 e. The van der Waals surface area contributed by atoms with Gasteiger partial charge < -0.3 is 14.8 Å². The van der Waals surface area contributed by atoms with Gasteiger partial charge in [-0.15, -0.1) is 0 Å². The predicted octanol–water partition coefficient (Wildman–Crippen LogP) is 1.92. The molecule has 0 amide bonds. The molecular formula is C16H27N3O2. The molecule has 1 aliphatic heterocycles. The van der Waals surface area contributed by atoms with Crippen molar-refractivity contribution >= 4 is 0 Å². The first kappa shape index (κ1) is 16.0. The zero-order valence-electron chi connectivity index (χ0n) is 13.6. The monoisotopic (exact) mass is 293 g/mol. The lowest BCUT2D eigenvalue weighted by Gasteiger charge is -2.38. The molecule has 0 spiro atoms. The van der Waals surface area contributed by atoms with Gasteiger partial charge in [-0.3, -0.25) is 9.88 Å². The third-order valence-corrected chi connectivity index (χ3v) is 4.45. The molecule has 1 aliphatic rings. The topological polar surface area (TPSA) is 46.6 Å². The number of methoxy groups -OCH3 is 2. The van der Waals surface area contributed by atoms with Crippen molar-refractivity contribution in [2.45, 2.75) is 32.4 Å². The van der Waals surface area contributed by atoms with Crippen LogP contribution < -0.4 is 14.8 Å². The van der Waals surface area contributed by atoms with Crippen LogP contribution in [0.1, 0.15) is 25.5 Å². The van der Waals surface area contributed by atoms with Crippen LogP contribution in [-0.2, 0) is 6.54 Å². The van der Waals surface area contributed by atoms with Crippen molar-refractivity contribution in [3.63, 3.8) is 0 Å². The van der Waals surface area contributed by atoms with E-state index in [0.717, 1.165) is 36.8 Å². The molecule has 0 saturated carbocycles. The van der Waals surface area contributed by atoms with Crippen molar-refractivity contribution in [3.8, 4) is 11.5 Å². The first-order valence-electron chi connectivity index (χ1n) is 7.68. The van der Waals surface area contributed by atoms with Crippen LogP contribution in [0.5, 0.6) is 11.5 Å². The Bertz CT molecular complexity index is 453. The van der Waals surface area contributed by atoms with Gasteiger partial charge in [-0.05, 0) is 19.4 Å². The second-order valence-corrected chi connectivity index (χ2v) is 5.58. The van der Waals surface area contributed by atoms with Crippen LogP contribution >= 0.6 is 0 Å². The highest BCUT2D eigenvalue weighted by Crippen LogP contribution is 2.31. The summed E-state index contributed by atoms with van der Waals surface area (Å²) in [5.41, 5.74) is 0.953. The third-order valence-electron chi connectivity index (χ3n) is 4.45. The highest BCUT2D eigenvalue weighted by Gasteiger charge is 2.27. The Labute approximate surface area is 127 Å². The Morgan fingerprint density at radius 1 is 1.38 bits per heavy atom. The molecule has 2 rings (SSSR count). The number of ether oxygens (including phenoxy) is 2. The molecule has 1 N–H and O–H groups in total. The van der Waals surface area contributed by atoms with Gasteiger partial charge in [-0.1, -0.05) is 13.3 Å². The summed E-state index contributed by atoms with van der Waals surface area (Å²) in [4.78, 5) is 6.94. The third kappa shape index (κ3) is 3.66. The standard InChI is InChI=1S/C16H27N3O2/c1-5-12-10-19(9-7-13(12)17-2)11-14-16(21-4)15(20-3)6-8-18-14/h6,8,12-13,17H,5,7,9-11H2,1-4H3. The average molecular weight is 293 g/mol. The van der Waals surface area contributed by atoms with E-state index in [-0.39, 0.29) is 0 Å². The molecule has 0 aliphatic carbocycles. The lowest BCUT2D eigenvalue weighted by atomic mass is 9.90. The molecule has 5 nitrogen and oxygen atoms in total. The van der Waals surface area contributed by atoms with Crippen LogP contribution in [0.4, 0.5) is 0 Å². The predicted molar refractivity (Wildman–Crippen MR) is 83.9 cm³/mol. The van der Waals surface area contributed by atoms with Crippen molar-refractivity contribution < 1.29 is 9.47 Å². The first-order valence-corrected chi connectivity index (χ1v) is 7.68. The van der Waals surface area contributed by atoms with Crippen LogP contribution in [0.2, 0.25) is 0 Å². The van der Waals surface area contributed by atoms with Crippen molar-refractivity contribution in [1.29, 1.82) is 0 Å². The van der Waals surface area contributed by atoms with Crippen molar-refractivity contribution in [3.05, 3.63) is 18.0 Å². The Kier molecular flexibility index (Phi) is 5.82. The number of nitrogens with one attached hydrogen (secondary N) is 1. The van der Waals surface area contributed by atoms with Crippen LogP contribution in [0.3, 0.4) is 0 Å². The minimum Gasteiger partial charge on any atom is -0.493 e. The van der Waals surface area contributed by atoms with Crippen LogP contribution in [0.25, 0.3) is 0 Å². The van der Waals surface area contributed by atoms with Crippen molar-refractivity contribution in [2.75, 3.05) is 34.4 Å². The fourth-order valence-corrected chi connectivity index (χ4v) is 3.22. The van der Waals surface area contributed by atoms with Gasteiger partial charge in [0.15, 0.2) is 11.5 Å². The van der Waals surface area contributed by atoms with E-state index >= 15 is 0 Å². The quantitative estimate of drug-likeness (QED) is 0.868. The Hall–Kier alpha value is -1.33. The molecule has 0 aromatic carbocycles. The second-order valence-electron chi connectivity index (χ2n) is 5.58. The molecule has 0 bridgehead atoms. The molecule has 2 unspecified atom stereocenters. The maximum Gasteiger partial charge on any atom is 0.183 e. The molecule has 0 radical (unpaired) electrons. The van der Waals surface area contributed by atoms with E-state index < -0.39 is 0 Å².